The van der Waals surface area contributed by atoms with Gasteiger partial charge in [-0.05, 0) is 54.0 Å². The van der Waals surface area contributed by atoms with Crippen LogP contribution in [0.3, 0.4) is 0 Å². The first-order valence-electron chi connectivity index (χ1n) is 10.5. The first-order chi connectivity index (χ1) is 16.2. The number of para-hydroxylation sites is 2. The number of allylic oxidation sites excluding steroid dienone is 1. The van der Waals surface area contributed by atoms with Crippen LogP contribution >= 0.6 is 24.0 Å². The van der Waals surface area contributed by atoms with Crippen molar-refractivity contribution < 1.29 is 14.3 Å². The van der Waals surface area contributed by atoms with Gasteiger partial charge in [0.05, 0.1) is 10.6 Å². The van der Waals surface area contributed by atoms with E-state index >= 15 is 0 Å². The van der Waals surface area contributed by atoms with Crippen molar-refractivity contribution in [3.63, 3.8) is 0 Å². The first kappa shape index (κ1) is 22.8. The largest absolute Gasteiger partial charge is 0.490 e. The second-order valence-electron chi connectivity index (χ2n) is 7.22. The number of ether oxygens (including phenoxy) is 2. The molecular formula is C27H23NO3S2. The Morgan fingerprint density at radius 1 is 0.909 bits per heavy atom. The summed E-state index contributed by atoms with van der Waals surface area (Å²) in [5, 5.41) is 0. The number of hydrogen-bond acceptors (Lipinski definition) is 5. The van der Waals surface area contributed by atoms with Gasteiger partial charge in [-0.25, -0.2) is 0 Å². The van der Waals surface area contributed by atoms with E-state index in [1.807, 2.05) is 91.0 Å². The highest BCUT2D eigenvalue weighted by atomic mass is 32.2. The summed E-state index contributed by atoms with van der Waals surface area (Å²) in [7, 11) is 0. The lowest BCUT2D eigenvalue weighted by Gasteiger charge is -2.13. The highest BCUT2D eigenvalue weighted by Crippen LogP contribution is 2.36. The first-order valence-corrected chi connectivity index (χ1v) is 11.8. The fourth-order valence-corrected chi connectivity index (χ4v) is 4.66. The molecule has 0 aliphatic carbocycles. The van der Waals surface area contributed by atoms with Crippen molar-refractivity contribution in [2.75, 3.05) is 18.1 Å². The number of nitrogens with zero attached hydrogens (tertiary/aromatic N) is 1. The van der Waals surface area contributed by atoms with Gasteiger partial charge in [0.15, 0.2) is 4.32 Å². The molecular weight excluding hydrogens is 450 g/mol. The summed E-state index contributed by atoms with van der Waals surface area (Å²) in [6.07, 6.45) is 4.48. The van der Waals surface area contributed by atoms with Crippen LogP contribution in [0, 0.1) is 0 Å². The van der Waals surface area contributed by atoms with Crippen LogP contribution in [-0.4, -0.2) is 23.4 Å². The summed E-state index contributed by atoms with van der Waals surface area (Å²) in [5.74, 6) is 1.49. The number of thiocarbonyl (C=S) groups is 1. The molecule has 1 aliphatic heterocycles. The van der Waals surface area contributed by atoms with Gasteiger partial charge < -0.3 is 9.47 Å². The van der Waals surface area contributed by atoms with Gasteiger partial charge in [0.1, 0.15) is 24.7 Å². The molecule has 1 fully saturated rings. The zero-order valence-electron chi connectivity index (χ0n) is 18.0. The standard InChI is InChI=1S/C27H23NO3S2/c1-2-8-21-9-6-7-12-24(21)31-18-17-30-23-15-13-20(14-16-23)19-25-26(29)28(27(32)33-25)22-10-4-3-5-11-22/h2-7,9-16,19H,1,8,17-18H2/b25-19-. The lowest BCUT2D eigenvalue weighted by molar-refractivity contribution is -0.113. The van der Waals surface area contributed by atoms with E-state index in [1.165, 1.54) is 11.8 Å². The van der Waals surface area contributed by atoms with E-state index in [1.54, 1.807) is 4.90 Å². The molecule has 1 saturated heterocycles. The van der Waals surface area contributed by atoms with E-state index in [9.17, 15) is 4.79 Å². The van der Waals surface area contributed by atoms with Gasteiger partial charge in [-0.1, -0.05) is 78.6 Å². The third-order valence-corrected chi connectivity index (χ3v) is 6.23. The average molecular weight is 474 g/mol. The van der Waals surface area contributed by atoms with Crippen molar-refractivity contribution in [3.8, 4) is 11.5 Å². The molecule has 0 spiro atoms. The molecule has 4 rings (SSSR count). The molecule has 0 N–H and O–H groups in total. The second-order valence-corrected chi connectivity index (χ2v) is 8.89. The molecule has 3 aromatic carbocycles. The Kier molecular flexibility index (Phi) is 7.60. The van der Waals surface area contributed by atoms with E-state index in [0.717, 1.165) is 34.7 Å². The summed E-state index contributed by atoms with van der Waals surface area (Å²) in [5.41, 5.74) is 2.79. The SMILES string of the molecule is C=CCc1ccccc1OCCOc1ccc(/C=C2\SC(=S)N(c3ccccc3)C2=O)cc1. The molecule has 1 amide bonds. The second kappa shape index (κ2) is 11.0. The zero-order chi connectivity index (χ0) is 23.0. The maximum Gasteiger partial charge on any atom is 0.270 e. The Balaban J connectivity index is 1.32. The summed E-state index contributed by atoms with van der Waals surface area (Å²) in [4.78, 5) is 15.0. The van der Waals surface area contributed by atoms with E-state index < -0.39 is 0 Å². The van der Waals surface area contributed by atoms with Crippen molar-refractivity contribution in [1.29, 1.82) is 0 Å². The summed E-state index contributed by atoms with van der Waals surface area (Å²) in [6, 6.07) is 25.0. The summed E-state index contributed by atoms with van der Waals surface area (Å²) >= 11 is 6.73. The fraction of sp³-hybridized carbons (Fsp3) is 0.111. The minimum atomic E-state index is -0.106. The molecule has 0 bridgehead atoms. The Morgan fingerprint density at radius 3 is 2.36 bits per heavy atom. The van der Waals surface area contributed by atoms with Crippen molar-refractivity contribution in [3.05, 3.63) is 108 Å². The molecule has 6 heteroatoms. The van der Waals surface area contributed by atoms with Crippen LogP contribution in [0.25, 0.3) is 6.08 Å². The number of hydrogen-bond donors (Lipinski definition) is 0. The maximum absolute atomic E-state index is 12.8. The summed E-state index contributed by atoms with van der Waals surface area (Å²) in [6.45, 7) is 4.66. The fourth-order valence-electron chi connectivity index (χ4n) is 3.36. The van der Waals surface area contributed by atoms with Crippen LogP contribution in [0.15, 0.2) is 96.4 Å². The minimum Gasteiger partial charge on any atom is -0.490 e. The molecule has 0 unspecified atom stereocenters. The number of carbonyl (C=O) groups excluding carboxylic acids is 1. The van der Waals surface area contributed by atoms with E-state index in [4.69, 9.17) is 21.7 Å². The highest BCUT2D eigenvalue weighted by Gasteiger charge is 2.33. The monoisotopic (exact) mass is 473 g/mol. The predicted octanol–water partition coefficient (Wildman–Crippen LogP) is 6.28. The maximum atomic E-state index is 12.8. The van der Waals surface area contributed by atoms with Crippen LogP contribution in [0.1, 0.15) is 11.1 Å². The number of rotatable bonds is 9. The van der Waals surface area contributed by atoms with Crippen molar-refractivity contribution in [2.45, 2.75) is 6.42 Å². The quantitative estimate of drug-likeness (QED) is 0.158. The molecule has 0 saturated carbocycles. The average Bonchev–Trinajstić information content (AvgIpc) is 3.12. The van der Waals surface area contributed by atoms with Crippen molar-refractivity contribution >= 4 is 46.0 Å². The normalized spacial score (nSPS) is 14.5. The third-order valence-electron chi connectivity index (χ3n) is 4.93. The predicted molar refractivity (Wildman–Crippen MR) is 140 cm³/mol. The highest BCUT2D eigenvalue weighted by molar-refractivity contribution is 8.27. The van der Waals surface area contributed by atoms with E-state index in [-0.39, 0.29) is 5.91 Å². The number of benzene rings is 3. The van der Waals surface area contributed by atoms with Gasteiger partial charge in [0, 0.05) is 0 Å². The van der Waals surface area contributed by atoms with Crippen LogP contribution < -0.4 is 14.4 Å². The van der Waals surface area contributed by atoms with Crippen molar-refractivity contribution in [1.82, 2.24) is 0 Å². The topological polar surface area (TPSA) is 38.8 Å². The van der Waals surface area contributed by atoms with E-state index in [2.05, 4.69) is 6.58 Å². The van der Waals surface area contributed by atoms with Crippen LogP contribution in [-0.2, 0) is 11.2 Å². The Morgan fingerprint density at radius 2 is 1.61 bits per heavy atom. The zero-order valence-corrected chi connectivity index (χ0v) is 19.6. The number of amides is 1. The molecule has 1 heterocycles. The Bertz CT molecular complexity index is 1170. The van der Waals surface area contributed by atoms with Crippen LogP contribution in [0.4, 0.5) is 5.69 Å². The van der Waals surface area contributed by atoms with Gasteiger partial charge in [0.25, 0.3) is 5.91 Å². The molecule has 33 heavy (non-hydrogen) atoms. The number of thioether (sulfide) groups is 1. The lowest BCUT2D eigenvalue weighted by atomic mass is 10.1. The van der Waals surface area contributed by atoms with Gasteiger partial charge >= 0.3 is 0 Å². The lowest BCUT2D eigenvalue weighted by Crippen LogP contribution is -2.27. The third kappa shape index (κ3) is 5.72. The molecule has 0 aromatic heterocycles. The van der Waals surface area contributed by atoms with Gasteiger partial charge in [-0.2, -0.15) is 0 Å². The molecule has 0 radical (unpaired) electrons. The van der Waals surface area contributed by atoms with E-state index in [0.29, 0.717) is 22.4 Å². The molecule has 0 atom stereocenters. The van der Waals surface area contributed by atoms with Gasteiger partial charge in [0.2, 0.25) is 0 Å². The Hall–Kier alpha value is -3.35. The smallest absolute Gasteiger partial charge is 0.270 e. The molecule has 4 nitrogen and oxygen atoms in total. The molecule has 3 aromatic rings. The molecule has 166 valence electrons. The van der Waals surface area contributed by atoms with Crippen LogP contribution in [0.2, 0.25) is 0 Å². The minimum absolute atomic E-state index is 0.106. The summed E-state index contributed by atoms with van der Waals surface area (Å²) < 4.78 is 12.2. The molecule has 1 aliphatic rings. The van der Waals surface area contributed by atoms with Gasteiger partial charge in [-0.3, -0.25) is 9.69 Å². The van der Waals surface area contributed by atoms with Crippen LogP contribution in [0.5, 0.6) is 11.5 Å². The Labute approximate surface area is 203 Å². The van der Waals surface area contributed by atoms with Gasteiger partial charge in [-0.15, -0.1) is 6.58 Å². The van der Waals surface area contributed by atoms with Crippen molar-refractivity contribution in [2.24, 2.45) is 0 Å². The number of anilines is 1. The number of carbonyl (C=O) groups is 1.